The third-order valence-electron chi connectivity index (χ3n) is 3.29. The van der Waals surface area contributed by atoms with E-state index < -0.39 is 28.2 Å². The fourth-order valence-corrected chi connectivity index (χ4v) is 2.01. The van der Waals surface area contributed by atoms with Gasteiger partial charge < -0.3 is 0 Å². The van der Waals surface area contributed by atoms with Crippen LogP contribution in [-0.2, 0) is 17.1 Å². The molecule has 0 heterocycles. The first-order valence-electron chi connectivity index (χ1n) is 5.96. The average molecular weight is 316 g/mol. The molecule has 0 radical (unpaired) electrons. The molecule has 0 bridgehead atoms. The molecule has 0 aliphatic heterocycles. The van der Waals surface area contributed by atoms with E-state index in [1.165, 1.54) is 0 Å². The largest absolute Gasteiger partial charge is 0.416 e. The van der Waals surface area contributed by atoms with Crippen molar-refractivity contribution in [3.63, 3.8) is 0 Å². The lowest BCUT2D eigenvalue weighted by Gasteiger charge is -2.28. The lowest BCUT2D eigenvalue weighted by atomic mass is 9.89. The van der Waals surface area contributed by atoms with E-state index in [4.69, 9.17) is 0 Å². The van der Waals surface area contributed by atoms with Crippen molar-refractivity contribution in [3.05, 3.63) is 34.9 Å². The van der Waals surface area contributed by atoms with Gasteiger partial charge in [-0.15, -0.1) is 0 Å². The first kappa shape index (κ1) is 17.2. The van der Waals surface area contributed by atoms with Crippen molar-refractivity contribution in [3.8, 4) is 0 Å². The fourth-order valence-electron chi connectivity index (χ4n) is 1.88. The van der Waals surface area contributed by atoms with Gasteiger partial charge in [0.15, 0.2) is 0 Å². The van der Waals surface area contributed by atoms with E-state index in [0.717, 1.165) is 12.1 Å². The Bertz CT molecular complexity index is 438. The Kier molecular flexibility index (Phi) is 4.73. The maximum atomic E-state index is 12.7. The number of alkyl halides is 6. The van der Waals surface area contributed by atoms with E-state index in [0.29, 0.717) is 12.8 Å². The van der Waals surface area contributed by atoms with Crippen LogP contribution in [0.15, 0.2) is 18.2 Å². The molecule has 0 spiro atoms. The summed E-state index contributed by atoms with van der Waals surface area (Å²) in [5.41, 5.74) is -2.67. The Morgan fingerprint density at radius 3 is 1.30 bits per heavy atom. The molecule has 1 aromatic rings. The summed E-state index contributed by atoms with van der Waals surface area (Å²) in [7, 11) is 0. The normalized spacial score (nSPS) is 13.7. The second kappa shape index (κ2) is 5.50. The van der Waals surface area contributed by atoms with E-state index in [9.17, 15) is 26.3 Å². The predicted octanol–water partition coefficient (Wildman–Crippen LogP) is 5.67. The van der Waals surface area contributed by atoms with Crippen molar-refractivity contribution in [1.29, 1.82) is 0 Å². The molecule has 0 N–H and O–H groups in total. The standard InChI is InChI=1S/C13H14F6S/c1-3-11(20,4-2)8-5-9(12(14,15)16)7-10(6-8)13(17,18)19/h5-7,20H,3-4H2,1-2H3. The van der Waals surface area contributed by atoms with Gasteiger partial charge in [0, 0.05) is 4.75 Å². The first-order valence-corrected chi connectivity index (χ1v) is 6.41. The lowest BCUT2D eigenvalue weighted by Crippen LogP contribution is -2.20. The Labute approximate surface area is 118 Å². The lowest BCUT2D eigenvalue weighted by molar-refractivity contribution is -0.143. The second-order valence-corrected chi connectivity index (χ2v) is 5.39. The summed E-state index contributed by atoms with van der Waals surface area (Å²) in [4.78, 5) is 0. The summed E-state index contributed by atoms with van der Waals surface area (Å²) in [5.74, 6) is 0. The van der Waals surface area contributed by atoms with Crippen LogP contribution in [0.5, 0.6) is 0 Å². The monoisotopic (exact) mass is 316 g/mol. The smallest absolute Gasteiger partial charge is 0.168 e. The molecule has 20 heavy (non-hydrogen) atoms. The Balaban J connectivity index is 3.54. The van der Waals surface area contributed by atoms with Crippen molar-refractivity contribution in [2.45, 2.75) is 43.8 Å². The number of benzene rings is 1. The molecule has 0 aliphatic carbocycles. The molecule has 0 saturated heterocycles. The highest BCUT2D eigenvalue weighted by Crippen LogP contribution is 2.42. The Hall–Kier alpha value is -0.850. The van der Waals surface area contributed by atoms with E-state index in [-0.39, 0.29) is 11.6 Å². The zero-order valence-corrected chi connectivity index (χ0v) is 11.8. The fraction of sp³-hybridized carbons (Fsp3) is 0.538. The summed E-state index contributed by atoms with van der Waals surface area (Å²) in [5, 5.41) is 0. The first-order chi connectivity index (χ1) is 8.94. The highest BCUT2D eigenvalue weighted by molar-refractivity contribution is 7.81. The maximum Gasteiger partial charge on any atom is 0.416 e. The minimum absolute atomic E-state index is 0.0621. The van der Waals surface area contributed by atoms with Crippen LogP contribution in [-0.4, -0.2) is 0 Å². The summed E-state index contributed by atoms with van der Waals surface area (Å²) >= 11 is 4.26. The van der Waals surface area contributed by atoms with Gasteiger partial charge in [-0.2, -0.15) is 39.0 Å². The number of thiol groups is 1. The summed E-state index contributed by atoms with van der Waals surface area (Å²) in [6.07, 6.45) is -9.01. The summed E-state index contributed by atoms with van der Waals surface area (Å²) in [6.45, 7) is 3.34. The number of hydrogen-bond donors (Lipinski definition) is 1. The third kappa shape index (κ3) is 3.62. The highest BCUT2D eigenvalue weighted by Gasteiger charge is 2.38. The van der Waals surface area contributed by atoms with Crippen LogP contribution < -0.4 is 0 Å². The maximum absolute atomic E-state index is 12.7. The average Bonchev–Trinajstić information content (AvgIpc) is 2.35. The van der Waals surface area contributed by atoms with Gasteiger partial charge in [0.05, 0.1) is 11.1 Å². The highest BCUT2D eigenvalue weighted by atomic mass is 32.1. The van der Waals surface area contributed by atoms with Crippen LogP contribution in [0.25, 0.3) is 0 Å². The molecule has 1 rings (SSSR count). The van der Waals surface area contributed by atoms with Gasteiger partial charge in [-0.25, -0.2) is 0 Å². The number of halogens is 6. The molecule has 0 unspecified atom stereocenters. The van der Waals surface area contributed by atoms with Gasteiger partial charge in [-0.1, -0.05) is 13.8 Å². The zero-order chi connectivity index (χ0) is 15.8. The predicted molar refractivity (Wildman–Crippen MR) is 67.7 cm³/mol. The van der Waals surface area contributed by atoms with E-state index in [1.807, 2.05) is 0 Å². The molecule has 0 amide bonds. The van der Waals surface area contributed by atoms with Crippen molar-refractivity contribution >= 4 is 12.6 Å². The minimum Gasteiger partial charge on any atom is -0.168 e. The molecule has 0 atom stereocenters. The van der Waals surface area contributed by atoms with Gasteiger partial charge in [0.1, 0.15) is 0 Å². The number of rotatable bonds is 3. The van der Waals surface area contributed by atoms with Crippen LogP contribution in [0.1, 0.15) is 43.4 Å². The van der Waals surface area contributed by atoms with Gasteiger partial charge in [-0.3, -0.25) is 0 Å². The van der Waals surface area contributed by atoms with Gasteiger partial charge in [-0.05, 0) is 36.6 Å². The van der Waals surface area contributed by atoms with Crippen molar-refractivity contribution in [1.82, 2.24) is 0 Å². The second-order valence-electron chi connectivity index (χ2n) is 4.53. The van der Waals surface area contributed by atoms with Crippen LogP contribution in [0.2, 0.25) is 0 Å². The van der Waals surface area contributed by atoms with Crippen molar-refractivity contribution < 1.29 is 26.3 Å². The molecule has 0 saturated carbocycles. The molecule has 0 nitrogen and oxygen atoms in total. The summed E-state index contributed by atoms with van der Waals surface area (Å²) < 4.78 is 75.4. The topological polar surface area (TPSA) is 0 Å². The van der Waals surface area contributed by atoms with Gasteiger partial charge in [0.2, 0.25) is 0 Å². The Morgan fingerprint density at radius 2 is 1.05 bits per heavy atom. The molecule has 0 aromatic heterocycles. The van der Waals surface area contributed by atoms with Crippen LogP contribution >= 0.6 is 12.6 Å². The van der Waals surface area contributed by atoms with Crippen LogP contribution in [0, 0.1) is 0 Å². The molecule has 7 heteroatoms. The quantitative estimate of drug-likeness (QED) is 0.539. The van der Waals surface area contributed by atoms with E-state index in [1.54, 1.807) is 13.8 Å². The Morgan fingerprint density at radius 1 is 0.750 bits per heavy atom. The van der Waals surface area contributed by atoms with Gasteiger partial charge in [0.25, 0.3) is 0 Å². The molecule has 0 aliphatic rings. The van der Waals surface area contributed by atoms with Crippen molar-refractivity contribution in [2.75, 3.05) is 0 Å². The third-order valence-corrected chi connectivity index (χ3v) is 4.19. The van der Waals surface area contributed by atoms with Crippen LogP contribution in [0.4, 0.5) is 26.3 Å². The van der Waals surface area contributed by atoms with E-state index in [2.05, 4.69) is 12.6 Å². The van der Waals surface area contributed by atoms with Crippen LogP contribution in [0.3, 0.4) is 0 Å². The molecule has 0 fully saturated rings. The zero-order valence-electron chi connectivity index (χ0n) is 10.9. The molecular weight excluding hydrogens is 302 g/mol. The number of hydrogen-bond acceptors (Lipinski definition) is 1. The molecule has 114 valence electrons. The minimum atomic E-state index is -4.83. The van der Waals surface area contributed by atoms with E-state index >= 15 is 0 Å². The van der Waals surface area contributed by atoms with Crippen molar-refractivity contribution in [2.24, 2.45) is 0 Å². The SMILES string of the molecule is CCC(S)(CC)c1cc(C(F)(F)F)cc(C(F)(F)F)c1. The molecular formula is C13H14F6S. The summed E-state index contributed by atoms with van der Waals surface area (Å²) in [6, 6.07) is 1.62. The van der Waals surface area contributed by atoms with Gasteiger partial charge >= 0.3 is 12.4 Å². The molecule has 1 aromatic carbocycles.